The van der Waals surface area contributed by atoms with Gasteiger partial charge in [0.05, 0.1) is 19.1 Å². The first-order chi connectivity index (χ1) is 13.9. The molecule has 1 amide bonds. The molecule has 8 nitrogen and oxygen atoms in total. The van der Waals surface area contributed by atoms with E-state index in [9.17, 15) is 14.9 Å². The summed E-state index contributed by atoms with van der Waals surface area (Å²) in [5, 5.41) is 14.4. The van der Waals surface area contributed by atoms with Crippen molar-refractivity contribution in [1.29, 1.82) is 0 Å². The van der Waals surface area contributed by atoms with Crippen LogP contribution in [0.25, 0.3) is 0 Å². The number of carbonyl (C=O) groups is 1. The van der Waals surface area contributed by atoms with Gasteiger partial charge >= 0.3 is 0 Å². The Hall–Kier alpha value is -3.29. The lowest BCUT2D eigenvalue weighted by Gasteiger charge is -2.32. The summed E-state index contributed by atoms with van der Waals surface area (Å²) in [6, 6.07) is 9.61. The van der Waals surface area contributed by atoms with Crippen LogP contribution in [0.5, 0.6) is 11.5 Å². The van der Waals surface area contributed by atoms with Gasteiger partial charge in [-0.2, -0.15) is 0 Å². The van der Waals surface area contributed by atoms with Gasteiger partial charge in [-0.1, -0.05) is 6.92 Å². The Morgan fingerprint density at radius 1 is 1.17 bits per heavy atom. The van der Waals surface area contributed by atoms with E-state index in [1.807, 2.05) is 4.90 Å². The number of anilines is 2. The Labute approximate surface area is 169 Å². The molecule has 1 atom stereocenters. The number of ether oxygens (including phenoxy) is 2. The maximum Gasteiger partial charge on any atom is 0.293 e. The Morgan fingerprint density at radius 2 is 1.86 bits per heavy atom. The first-order valence-corrected chi connectivity index (χ1v) is 9.49. The number of piperidine rings is 1. The number of nitro benzene ring substituents is 1. The molecule has 0 aromatic heterocycles. The highest BCUT2D eigenvalue weighted by Gasteiger charge is 2.25. The molecule has 1 N–H and O–H groups in total. The standard InChI is InChI=1S/C21H25N3O5/c1-14-5-4-8-23(13-14)19-7-6-15(9-20(19)24(26)27)21(25)22-16-10-17(28-2)12-18(11-16)29-3/h6-7,9-12,14H,4-5,8,13H2,1-3H3,(H,22,25)/t14-/m0/s1. The molecule has 0 bridgehead atoms. The van der Waals surface area contributed by atoms with Crippen molar-refractivity contribution in [1.82, 2.24) is 0 Å². The molecule has 29 heavy (non-hydrogen) atoms. The predicted molar refractivity (Wildman–Crippen MR) is 111 cm³/mol. The monoisotopic (exact) mass is 399 g/mol. The fraction of sp³-hybridized carbons (Fsp3) is 0.381. The molecule has 0 radical (unpaired) electrons. The summed E-state index contributed by atoms with van der Waals surface area (Å²) in [7, 11) is 3.04. The van der Waals surface area contributed by atoms with Gasteiger partial charge in [0.15, 0.2) is 0 Å². The van der Waals surface area contributed by atoms with E-state index in [2.05, 4.69) is 12.2 Å². The third-order valence-electron chi connectivity index (χ3n) is 5.04. The molecular weight excluding hydrogens is 374 g/mol. The third kappa shape index (κ3) is 4.77. The second-order valence-electron chi connectivity index (χ2n) is 7.21. The number of nitrogens with zero attached hydrogens (tertiary/aromatic N) is 2. The van der Waals surface area contributed by atoms with E-state index < -0.39 is 10.8 Å². The van der Waals surface area contributed by atoms with Gasteiger partial charge in [0, 0.05) is 48.6 Å². The summed E-state index contributed by atoms with van der Waals surface area (Å²) in [6.45, 7) is 3.69. The summed E-state index contributed by atoms with van der Waals surface area (Å²) in [5.74, 6) is 1.09. The SMILES string of the molecule is COc1cc(NC(=O)c2ccc(N3CCC[C@H](C)C3)c([N+](=O)[O-])c2)cc(OC)c1. The molecule has 1 aliphatic rings. The summed E-state index contributed by atoms with van der Waals surface area (Å²) in [6.07, 6.45) is 2.12. The molecule has 2 aromatic carbocycles. The number of rotatable bonds is 6. The third-order valence-corrected chi connectivity index (χ3v) is 5.04. The van der Waals surface area contributed by atoms with Gasteiger partial charge in [0.1, 0.15) is 17.2 Å². The Balaban J connectivity index is 1.86. The van der Waals surface area contributed by atoms with Crippen molar-refractivity contribution in [3.8, 4) is 11.5 Å². The summed E-state index contributed by atoms with van der Waals surface area (Å²) in [5.41, 5.74) is 1.19. The molecule has 0 spiro atoms. The fourth-order valence-corrected chi connectivity index (χ4v) is 3.57. The van der Waals surface area contributed by atoms with Crippen LogP contribution in [-0.2, 0) is 0 Å². The smallest absolute Gasteiger partial charge is 0.293 e. The highest BCUT2D eigenvalue weighted by molar-refractivity contribution is 6.05. The molecule has 1 heterocycles. The first kappa shape index (κ1) is 20.4. The quantitative estimate of drug-likeness (QED) is 0.581. The topological polar surface area (TPSA) is 93.9 Å². The van der Waals surface area contributed by atoms with Crippen LogP contribution < -0.4 is 19.7 Å². The number of nitro groups is 1. The van der Waals surface area contributed by atoms with Gasteiger partial charge in [-0.25, -0.2) is 0 Å². The van der Waals surface area contributed by atoms with Crippen LogP contribution in [-0.4, -0.2) is 38.1 Å². The average molecular weight is 399 g/mol. The summed E-state index contributed by atoms with van der Waals surface area (Å²) >= 11 is 0. The van der Waals surface area contributed by atoms with Crippen LogP contribution in [0, 0.1) is 16.0 Å². The lowest BCUT2D eigenvalue weighted by atomic mass is 9.99. The zero-order chi connectivity index (χ0) is 21.0. The van der Waals surface area contributed by atoms with Gasteiger partial charge in [-0.3, -0.25) is 14.9 Å². The van der Waals surface area contributed by atoms with Crippen LogP contribution in [0.1, 0.15) is 30.1 Å². The minimum absolute atomic E-state index is 0.0602. The maximum atomic E-state index is 12.7. The van der Waals surface area contributed by atoms with Gasteiger partial charge < -0.3 is 19.7 Å². The van der Waals surface area contributed by atoms with Crippen molar-refractivity contribution in [3.63, 3.8) is 0 Å². The number of carbonyl (C=O) groups excluding carboxylic acids is 1. The van der Waals surface area contributed by atoms with Gasteiger partial charge in [0.25, 0.3) is 11.6 Å². The van der Waals surface area contributed by atoms with Crippen molar-refractivity contribution < 1.29 is 19.2 Å². The van der Waals surface area contributed by atoms with Gasteiger partial charge in [0.2, 0.25) is 0 Å². The molecule has 0 unspecified atom stereocenters. The Bertz CT molecular complexity index is 893. The van der Waals surface area contributed by atoms with Crippen molar-refractivity contribution in [2.75, 3.05) is 37.5 Å². The van der Waals surface area contributed by atoms with Crippen molar-refractivity contribution in [2.24, 2.45) is 5.92 Å². The maximum absolute atomic E-state index is 12.7. The molecule has 1 saturated heterocycles. The largest absolute Gasteiger partial charge is 0.497 e. The molecule has 1 fully saturated rings. The Morgan fingerprint density at radius 3 is 2.45 bits per heavy atom. The van der Waals surface area contributed by atoms with E-state index in [1.165, 1.54) is 20.3 Å². The van der Waals surface area contributed by atoms with E-state index in [0.29, 0.717) is 28.8 Å². The summed E-state index contributed by atoms with van der Waals surface area (Å²) < 4.78 is 10.4. The lowest BCUT2D eigenvalue weighted by molar-refractivity contribution is -0.384. The second-order valence-corrected chi connectivity index (χ2v) is 7.21. The fourth-order valence-electron chi connectivity index (χ4n) is 3.57. The van der Waals surface area contributed by atoms with E-state index in [0.717, 1.165) is 25.9 Å². The van der Waals surface area contributed by atoms with Crippen LogP contribution in [0.4, 0.5) is 17.1 Å². The molecule has 8 heteroatoms. The van der Waals surface area contributed by atoms with Crippen molar-refractivity contribution >= 4 is 23.0 Å². The highest BCUT2D eigenvalue weighted by Crippen LogP contribution is 2.33. The number of methoxy groups -OCH3 is 2. The van der Waals surface area contributed by atoms with Crippen LogP contribution in [0.3, 0.4) is 0 Å². The number of hydrogen-bond donors (Lipinski definition) is 1. The van der Waals surface area contributed by atoms with Crippen LogP contribution in [0.2, 0.25) is 0 Å². The number of nitrogens with one attached hydrogen (secondary N) is 1. The molecule has 0 aliphatic carbocycles. The second kappa shape index (κ2) is 8.81. The van der Waals surface area contributed by atoms with Crippen LogP contribution >= 0.6 is 0 Å². The predicted octanol–water partition coefficient (Wildman–Crippen LogP) is 4.10. The molecule has 154 valence electrons. The molecule has 2 aromatic rings. The molecule has 3 rings (SSSR count). The van der Waals surface area contributed by atoms with E-state index >= 15 is 0 Å². The zero-order valence-corrected chi connectivity index (χ0v) is 16.8. The number of benzene rings is 2. The van der Waals surface area contributed by atoms with E-state index in [4.69, 9.17) is 9.47 Å². The summed E-state index contributed by atoms with van der Waals surface area (Å²) in [4.78, 5) is 26.0. The number of hydrogen-bond acceptors (Lipinski definition) is 6. The van der Waals surface area contributed by atoms with Crippen LogP contribution in [0.15, 0.2) is 36.4 Å². The molecular formula is C21H25N3O5. The van der Waals surface area contributed by atoms with Crippen molar-refractivity contribution in [3.05, 3.63) is 52.1 Å². The van der Waals surface area contributed by atoms with E-state index in [-0.39, 0.29) is 11.3 Å². The van der Waals surface area contributed by atoms with Gasteiger partial charge in [-0.15, -0.1) is 0 Å². The molecule has 0 saturated carbocycles. The van der Waals surface area contributed by atoms with E-state index in [1.54, 1.807) is 30.3 Å². The number of amides is 1. The normalized spacial score (nSPS) is 16.2. The lowest BCUT2D eigenvalue weighted by Crippen LogP contribution is -2.34. The Kier molecular flexibility index (Phi) is 6.21. The minimum Gasteiger partial charge on any atom is -0.497 e. The van der Waals surface area contributed by atoms with Crippen molar-refractivity contribution in [2.45, 2.75) is 19.8 Å². The average Bonchev–Trinajstić information content (AvgIpc) is 2.72. The molecule has 1 aliphatic heterocycles. The minimum atomic E-state index is -0.443. The van der Waals surface area contributed by atoms with Gasteiger partial charge in [-0.05, 0) is 30.9 Å². The zero-order valence-electron chi connectivity index (χ0n) is 16.8. The first-order valence-electron chi connectivity index (χ1n) is 9.49. The highest BCUT2D eigenvalue weighted by atomic mass is 16.6.